The van der Waals surface area contributed by atoms with Gasteiger partial charge in [-0.25, -0.2) is 0 Å². The monoisotopic (exact) mass is 203 g/mol. The topological polar surface area (TPSA) is 3.24 Å². The number of hydrogen-bond donors (Lipinski definition) is 0. The average Bonchev–Trinajstić information content (AvgIpc) is 2.07. The van der Waals surface area contributed by atoms with Gasteiger partial charge in [0.05, 0.1) is 0 Å². The summed E-state index contributed by atoms with van der Waals surface area (Å²) in [6, 6.07) is 0. The third-order valence-corrected chi connectivity index (χ3v) is 3.14. The van der Waals surface area contributed by atoms with E-state index in [-0.39, 0.29) is 0 Å². The van der Waals surface area contributed by atoms with Gasteiger partial charge in [-0.3, -0.25) is 0 Å². The largest absolute Gasteiger partial charge is 0.302 e. The normalized spacial score (nSPS) is 17.8. The molecule has 1 fully saturated rings. The molecule has 0 aromatic rings. The van der Waals surface area contributed by atoms with E-state index in [0.717, 1.165) is 18.3 Å². The van der Waals surface area contributed by atoms with Crippen LogP contribution in [0.3, 0.4) is 0 Å². The van der Waals surface area contributed by atoms with Crippen molar-refractivity contribution in [2.24, 2.45) is 5.92 Å². The molecular formula is C11H22ClN. The molecule has 0 atom stereocenters. The van der Waals surface area contributed by atoms with Crippen LogP contribution in [0.25, 0.3) is 0 Å². The first-order chi connectivity index (χ1) is 6.36. The first-order valence-corrected chi connectivity index (χ1v) is 6.18. The Kier molecular flexibility index (Phi) is 5.81. The Bertz CT molecular complexity index is 123. The number of nitrogens with zero attached hydrogens (tertiary/aromatic N) is 1. The molecule has 0 heterocycles. The highest BCUT2D eigenvalue weighted by Crippen LogP contribution is 2.27. The molecule has 0 aromatic heterocycles. The Morgan fingerprint density at radius 1 is 1.31 bits per heavy atom. The van der Waals surface area contributed by atoms with Crippen molar-refractivity contribution in [2.45, 2.75) is 39.0 Å². The highest BCUT2D eigenvalue weighted by molar-refractivity contribution is 6.18. The van der Waals surface area contributed by atoms with Crippen LogP contribution in [0.4, 0.5) is 0 Å². The van der Waals surface area contributed by atoms with Crippen molar-refractivity contribution in [1.82, 2.24) is 4.90 Å². The summed E-state index contributed by atoms with van der Waals surface area (Å²) in [5.74, 6) is 1.77. The summed E-state index contributed by atoms with van der Waals surface area (Å²) >= 11 is 5.78. The maximum Gasteiger partial charge on any atom is 0.0351 e. The van der Waals surface area contributed by atoms with E-state index < -0.39 is 0 Å². The number of rotatable bonds is 7. The molecule has 78 valence electrons. The fraction of sp³-hybridized carbons (Fsp3) is 1.00. The van der Waals surface area contributed by atoms with Gasteiger partial charge in [-0.05, 0) is 31.7 Å². The molecule has 1 saturated carbocycles. The first-order valence-electron chi connectivity index (χ1n) is 5.65. The lowest BCUT2D eigenvalue weighted by atomic mass is 9.85. The quantitative estimate of drug-likeness (QED) is 0.575. The summed E-state index contributed by atoms with van der Waals surface area (Å²) in [5.41, 5.74) is 0. The maximum atomic E-state index is 5.78. The van der Waals surface area contributed by atoms with Gasteiger partial charge in [-0.2, -0.15) is 0 Å². The zero-order valence-electron chi connectivity index (χ0n) is 8.77. The van der Waals surface area contributed by atoms with Crippen molar-refractivity contribution in [2.75, 3.05) is 25.5 Å². The van der Waals surface area contributed by atoms with Gasteiger partial charge in [-0.15, -0.1) is 11.6 Å². The average molecular weight is 204 g/mol. The fourth-order valence-electron chi connectivity index (χ4n) is 1.84. The molecule has 1 nitrogen and oxygen atoms in total. The highest BCUT2D eigenvalue weighted by atomic mass is 35.5. The molecule has 1 aliphatic carbocycles. The van der Waals surface area contributed by atoms with Crippen LogP contribution in [-0.2, 0) is 0 Å². The Morgan fingerprint density at radius 3 is 2.54 bits per heavy atom. The minimum Gasteiger partial charge on any atom is -0.302 e. The molecule has 0 spiro atoms. The zero-order chi connectivity index (χ0) is 9.52. The van der Waals surface area contributed by atoms with Crippen LogP contribution < -0.4 is 0 Å². The molecule has 0 unspecified atom stereocenters. The van der Waals surface area contributed by atoms with E-state index in [1.54, 1.807) is 0 Å². The summed E-state index contributed by atoms with van der Waals surface area (Å²) in [4.78, 5) is 2.54. The Morgan fingerprint density at radius 2 is 2.08 bits per heavy atom. The second kappa shape index (κ2) is 6.67. The Hall–Kier alpha value is 0.250. The second-order valence-corrected chi connectivity index (χ2v) is 4.52. The van der Waals surface area contributed by atoms with E-state index in [1.807, 2.05) is 0 Å². The van der Waals surface area contributed by atoms with Gasteiger partial charge in [0.25, 0.3) is 0 Å². The second-order valence-electron chi connectivity index (χ2n) is 4.14. The number of unbranched alkanes of at least 4 members (excludes halogenated alkanes) is 1. The molecule has 0 aromatic carbocycles. The lowest BCUT2D eigenvalue weighted by Crippen LogP contribution is -2.34. The van der Waals surface area contributed by atoms with Crippen molar-refractivity contribution < 1.29 is 0 Å². The van der Waals surface area contributed by atoms with Gasteiger partial charge < -0.3 is 4.90 Å². The fourth-order valence-corrected chi connectivity index (χ4v) is 2.08. The number of halogens is 1. The van der Waals surface area contributed by atoms with E-state index in [9.17, 15) is 0 Å². The van der Waals surface area contributed by atoms with Gasteiger partial charge in [0.1, 0.15) is 0 Å². The van der Waals surface area contributed by atoms with E-state index in [0.29, 0.717) is 0 Å². The summed E-state index contributed by atoms with van der Waals surface area (Å²) in [5, 5.41) is 0. The smallest absolute Gasteiger partial charge is 0.0351 e. The van der Waals surface area contributed by atoms with E-state index in [2.05, 4.69) is 11.8 Å². The van der Waals surface area contributed by atoms with Crippen molar-refractivity contribution in [1.29, 1.82) is 0 Å². The van der Waals surface area contributed by atoms with Gasteiger partial charge >= 0.3 is 0 Å². The lowest BCUT2D eigenvalue weighted by Gasteiger charge is -2.32. The maximum absolute atomic E-state index is 5.78. The predicted octanol–water partition coefficient (Wildman–Crippen LogP) is 3.13. The molecule has 0 radical (unpaired) electrons. The molecule has 0 aliphatic heterocycles. The molecule has 0 saturated heterocycles. The third kappa shape index (κ3) is 4.33. The van der Waals surface area contributed by atoms with Gasteiger partial charge in [-0.1, -0.05) is 19.8 Å². The SMILES string of the molecule is CCCCN(CCCl)CC1CCC1. The molecule has 0 N–H and O–H groups in total. The van der Waals surface area contributed by atoms with Crippen LogP contribution in [-0.4, -0.2) is 30.4 Å². The predicted molar refractivity (Wildman–Crippen MR) is 59.4 cm³/mol. The van der Waals surface area contributed by atoms with Crippen LogP contribution >= 0.6 is 11.6 Å². The van der Waals surface area contributed by atoms with Gasteiger partial charge in [0, 0.05) is 19.0 Å². The Labute approximate surface area is 87.4 Å². The first kappa shape index (κ1) is 11.3. The standard InChI is InChI=1S/C11H22ClN/c1-2-3-8-13(9-7-12)10-11-5-4-6-11/h11H,2-10H2,1H3. The van der Waals surface area contributed by atoms with Crippen LogP contribution in [0.5, 0.6) is 0 Å². The molecule has 0 bridgehead atoms. The molecule has 13 heavy (non-hydrogen) atoms. The van der Waals surface area contributed by atoms with E-state index in [4.69, 9.17) is 11.6 Å². The molecule has 1 rings (SSSR count). The minimum atomic E-state index is 0.788. The molecular weight excluding hydrogens is 182 g/mol. The van der Waals surface area contributed by atoms with Crippen LogP contribution in [0.2, 0.25) is 0 Å². The van der Waals surface area contributed by atoms with Crippen LogP contribution in [0, 0.1) is 5.92 Å². The van der Waals surface area contributed by atoms with Crippen molar-refractivity contribution >= 4 is 11.6 Å². The molecule has 0 amide bonds. The van der Waals surface area contributed by atoms with E-state index >= 15 is 0 Å². The van der Waals surface area contributed by atoms with Crippen molar-refractivity contribution in [3.05, 3.63) is 0 Å². The van der Waals surface area contributed by atoms with E-state index in [1.165, 1.54) is 45.2 Å². The third-order valence-electron chi connectivity index (χ3n) is 2.97. The lowest BCUT2D eigenvalue weighted by molar-refractivity contribution is 0.183. The van der Waals surface area contributed by atoms with Crippen molar-refractivity contribution in [3.8, 4) is 0 Å². The molecule has 1 aliphatic rings. The summed E-state index contributed by atoms with van der Waals surface area (Å²) in [6.45, 7) is 5.88. The summed E-state index contributed by atoms with van der Waals surface area (Å²) in [7, 11) is 0. The van der Waals surface area contributed by atoms with Gasteiger partial charge in [0.2, 0.25) is 0 Å². The minimum absolute atomic E-state index is 0.788. The van der Waals surface area contributed by atoms with Crippen LogP contribution in [0.15, 0.2) is 0 Å². The zero-order valence-corrected chi connectivity index (χ0v) is 9.52. The van der Waals surface area contributed by atoms with Crippen LogP contribution in [0.1, 0.15) is 39.0 Å². The number of alkyl halides is 1. The highest BCUT2D eigenvalue weighted by Gasteiger charge is 2.19. The van der Waals surface area contributed by atoms with Gasteiger partial charge in [0.15, 0.2) is 0 Å². The summed E-state index contributed by atoms with van der Waals surface area (Å²) < 4.78 is 0. The number of hydrogen-bond acceptors (Lipinski definition) is 1. The molecule has 2 heteroatoms. The summed E-state index contributed by atoms with van der Waals surface area (Å²) in [6.07, 6.45) is 6.97. The van der Waals surface area contributed by atoms with Crippen molar-refractivity contribution in [3.63, 3.8) is 0 Å². The Balaban J connectivity index is 2.11.